The number of ether oxygens (including phenoxy) is 1. The van der Waals surface area contributed by atoms with E-state index < -0.39 is 0 Å². The van der Waals surface area contributed by atoms with Gasteiger partial charge < -0.3 is 15.7 Å². The molecule has 0 spiro atoms. The van der Waals surface area contributed by atoms with E-state index >= 15 is 0 Å². The maximum Gasteiger partial charge on any atom is 0.144 e. The Bertz CT molecular complexity index is 473. The van der Waals surface area contributed by atoms with E-state index in [4.69, 9.17) is 27.3 Å². The van der Waals surface area contributed by atoms with Crippen molar-refractivity contribution in [2.75, 3.05) is 6.61 Å². The van der Waals surface area contributed by atoms with Gasteiger partial charge in [0.1, 0.15) is 11.6 Å². The average Bonchev–Trinajstić information content (AvgIpc) is 2.44. The molecule has 0 amide bonds. The van der Waals surface area contributed by atoms with Crippen LogP contribution in [0.3, 0.4) is 0 Å². The van der Waals surface area contributed by atoms with Crippen molar-refractivity contribution in [2.45, 2.75) is 40.0 Å². The van der Waals surface area contributed by atoms with Gasteiger partial charge in [-0.05, 0) is 43.0 Å². The van der Waals surface area contributed by atoms with Gasteiger partial charge in [-0.3, -0.25) is 0 Å². The summed E-state index contributed by atoms with van der Waals surface area (Å²) in [4.78, 5) is 0. The summed E-state index contributed by atoms with van der Waals surface area (Å²) >= 11 is 6.06. The highest BCUT2D eigenvalue weighted by Gasteiger charge is 2.22. The molecule has 0 saturated carbocycles. The van der Waals surface area contributed by atoms with Gasteiger partial charge >= 0.3 is 0 Å². The molecule has 1 aromatic carbocycles. The van der Waals surface area contributed by atoms with Crippen molar-refractivity contribution >= 4 is 17.4 Å². The van der Waals surface area contributed by atoms with Gasteiger partial charge in [0.25, 0.3) is 0 Å². The van der Waals surface area contributed by atoms with E-state index in [2.05, 4.69) is 12.1 Å². The third-order valence-electron chi connectivity index (χ3n) is 3.41. The smallest absolute Gasteiger partial charge is 0.144 e. The first kappa shape index (κ1) is 16.6. The molecule has 0 fully saturated rings. The largest absolute Gasteiger partial charge is 0.494 e. The minimum absolute atomic E-state index is 0.247. The van der Waals surface area contributed by atoms with Crippen LogP contribution in [-0.4, -0.2) is 17.6 Å². The van der Waals surface area contributed by atoms with Crippen LogP contribution in [0.25, 0.3) is 0 Å². The minimum atomic E-state index is -0.327. The molecule has 0 bridgehead atoms. The Morgan fingerprint density at radius 3 is 2.75 bits per heavy atom. The third kappa shape index (κ3) is 4.60. The lowest BCUT2D eigenvalue weighted by atomic mass is 9.87. The zero-order chi connectivity index (χ0) is 15.2. The first-order valence-corrected chi connectivity index (χ1v) is 7.17. The highest BCUT2D eigenvalue weighted by molar-refractivity contribution is 6.31. The van der Waals surface area contributed by atoms with E-state index in [0.717, 1.165) is 35.6 Å². The first-order valence-electron chi connectivity index (χ1n) is 6.80. The Labute approximate surface area is 125 Å². The lowest BCUT2D eigenvalue weighted by Crippen LogP contribution is -2.32. The summed E-state index contributed by atoms with van der Waals surface area (Å²) in [5.41, 5.74) is 6.40. The van der Waals surface area contributed by atoms with Crippen molar-refractivity contribution < 1.29 is 9.94 Å². The Kier molecular flexibility index (Phi) is 6.14. The summed E-state index contributed by atoms with van der Waals surface area (Å²) in [6, 6.07) is 5.70. The molecule has 0 aliphatic rings. The molecule has 0 heterocycles. The van der Waals surface area contributed by atoms with Gasteiger partial charge in [-0.2, -0.15) is 0 Å². The standard InChI is InChI=1S/C15H23ClN2O2/c1-4-11-10-12(6-7-13(11)16)20-9-5-8-15(2,3)14(17)18-19/h6-7,10,19H,4-5,8-9H2,1-3H3,(H2,17,18). The Morgan fingerprint density at radius 1 is 1.45 bits per heavy atom. The number of hydrogen-bond acceptors (Lipinski definition) is 3. The third-order valence-corrected chi connectivity index (χ3v) is 3.78. The van der Waals surface area contributed by atoms with E-state index in [1.54, 1.807) is 0 Å². The molecule has 0 radical (unpaired) electrons. The molecular formula is C15H23ClN2O2. The summed E-state index contributed by atoms with van der Waals surface area (Å²) in [5, 5.41) is 12.5. The summed E-state index contributed by atoms with van der Waals surface area (Å²) in [6.45, 7) is 6.54. The van der Waals surface area contributed by atoms with Crippen molar-refractivity contribution in [1.29, 1.82) is 0 Å². The van der Waals surface area contributed by atoms with E-state index in [9.17, 15) is 0 Å². The number of oxime groups is 1. The lowest BCUT2D eigenvalue weighted by Gasteiger charge is -2.22. The number of benzene rings is 1. The van der Waals surface area contributed by atoms with Gasteiger partial charge in [0.2, 0.25) is 0 Å². The SMILES string of the molecule is CCc1cc(OCCCC(C)(C)C(N)=NO)ccc1Cl. The van der Waals surface area contributed by atoms with Crippen LogP contribution in [-0.2, 0) is 6.42 Å². The fourth-order valence-corrected chi connectivity index (χ4v) is 2.13. The van der Waals surface area contributed by atoms with E-state index in [1.165, 1.54) is 0 Å². The molecule has 20 heavy (non-hydrogen) atoms. The van der Waals surface area contributed by atoms with Crippen LogP contribution in [0.5, 0.6) is 5.75 Å². The van der Waals surface area contributed by atoms with E-state index in [1.807, 2.05) is 32.0 Å². The van der Waals surface area contributed by atoms with E-state index in [-0.39, 0.29) is 11.3 Å². The molecule has 1 aromatic rings. The number of nitrogens with two attached hydrogens (primary N) is 1. The minimum Gasteiger partial charge on any atom is -0.494 e. The molecule has 0 aromatic heterocycles. The van der Waals surface area contributed by atoms with Gasteiger partial charge in [-0.1, -0.05) is 37.5 Å². The molecule has 3 N–H and O–H groups in total. The topological polar surface area (TPSA) is 67.8 Å². The predicted molar refractivity (Wildman–Crippen MR) is 82.7 cm³/mol. The van der Waals surface area contributed by atoms with Crippen molar-refractivity contribution in [3.05, 3.63) is 28.8 Å². The van der Waals surface area contributed by atoms with Crippen LogP contribution in [0, 0.1) is 5.41 Å². The van der Waals surface area contributed by atoms with Gasteiger partial charge in [0.05, 0.1) is 6.61 Å². The summed E-state index contributed by atoms with van der Waals surface area (Å²) in [6.07, 6.45) is 2.50. The Morgan fingerprint density at radius 2 is 2.15 bits per heavy atom. The van der Waals surface area contributed by atoms with Crippen molar-refractivity contribution in [2.24, 2.45) is 16.3 Å². The molecule has 0 saturated heterocycles. The highest BCUT2D eigenvalue weighted by atomic mass is 35.5. The van der Waals surface area contributed by atoms with Crippen LogP contribution >= 0.6 is 11.6 Å². The van der Waals surface area contributed by atoms with Crippen molar-refractivity contribution in [3.63, 3.8) is 0 Å². The van der Waals surface area contributed by atoms with Crippen LogP contribution in [0.4, 0.5) is 0 Å². The fraction of sp³-hybridized carbons (Fsp3) is 0.533. The quantitative estimate of drug-likeness (QED) is 0.264. The van der Waals surface area contributed by atoms with Gasteiger partial charge in [0, 0.05) is 10.4 Å². The second-order valence-electron chi connectivity index (χ2n) is 5.43. The molecular weight excluding hydrogens is 276 g/mol. The van der Waals surface area contributed by atoms with Crippen LogP contribution in [0.2, 0.25) is 5.02 Å². The molecule has 1 rings (SSSR count). The molecule has 5 heteroatoms. The number of rotatable bonds is 7. The van der Waals surface area contributed by atoms with Crippen molar-refractivity contribution in [1.82, 2.24) is 0 Å². The molecule has 0 aliphatic carbocycles. The zero-order valence-corrected chi connectivity index (χ0v) is 13.1. The van der Waals surface area contributed by atoms with E-state index in [0.29, 0.717) is 6.61 Å². The molecule has 0 aliphatic heterocycles. The Hall–Kier alpha value is -1.42. The second-order valence-corrected chi connectivity index (χ2v) is 5.84. The number of amidine groups is 1. The monoisotopic (exact) mass is 298 g/mol. The normalized spacial score (nSPS) is 12.5. The van der Waals surface area contributed by atoms with Crippen LogP contribution in [0.1, 0.15) is 39.2 Å². The summed E-state index contributed by atoms with van der Waals surface area (Å²) < 4.78 is 5.71. The highest BCUT2D eigenvalue weighted by Crippen LogP contribution is 2.24. The number of halogens is 1. The Balaban J connectivity index is 2.46. The molecule has 0 unspecified atom stereocenters. The zero-order valence-electron chi connectivity index (χ0n) is 12.3. The predicted octanol–water partition coefficient (Wildman–Crippen LogP) is 3.83. The fourth-order valence-electron chi connectivity index (χ4n) is 1.88. The molecule has 4 nitrogen and oxygen atoms in total. The average molecular weight is 299 g/mol. The first-order chi connectivity index (χ1) is 9.40. The molecule has 112 valence electrons. The van der Waals surface area contributed by atoms with Crippen LogP contribution in [0.15, 0.2) is 23.4 Å². The maximum atomic E-state index is 8.71. The number of hydrogen-bond donors (Lipinski definition) is 2. The van der Waals surface area contributed by atoms with Crippen molar-refractivity contribution in [3.8, 4) is 5.75 Å². The lowest BCUT2D eigenvalue weighted by molar-refractivity contribution is 0.277. The maximum absolute atomic E-state index is 8.71. The van der Waals surface area contributed by atoms with Gasteiger partial charge in [0.15, 0.2) is 0 Å². The van der Waals surface area contributed by atoms with Crippen LogP contribution < -0.4 is 10.5 Å². The van der Waals surface area contributed by atoms with Gasteiger partial charge in [-0.25, -0.2) is 0 Å². The number of aryl methyl sites for hydroxylation is 1. The molecule has 0 atom stereocenters. The summed E-state index contributed by atoms with van der Waals surface area (Å²) in [5.74, 6) is 1.07. The van der Waals surface area contributed by atoms with Gasteiger partial charge in [-0.15, -0.1) is 0 Å². The number of nitrogens with zero attached hydrogens (tertiary/aromatic N) is 1. The second kappa shape index (κ2) is 7.39. The summed E-state index contributed by atoms with van der Waals surface area (Å²) in [7, 11) is 0.